The highest BCUT2D eigenvalue weighted by Crippen LogP contribution is 2.36. The molecule has 0 aliphatic carbocycles. The Kier molecular flexibility index (Phi) is 6.42. The number of hydrogen-bond acceptors (Lipinski definition) is 5. The standard InChI is InChI=1S/C22H19F5N4O3/c1-12-8-14(13-4-5-16(29-11-13)18(32)21(23,24)19(33)34)10-15(9-12)31(2,3)20-28-7-6-17(30-20)22(25,26)27/h4-11,18,32H,1-3H3/p+1. The second kappa shape index (κ2) is 8.69. The van der Waals surface area contributed by atoms with E-state index < -0.39 is 35.6 Å². The van der Waals surface area contributed by atoms with Crippen LogP contribution in [0, 0.1) is 6.92 Å². The van der Waals surface area contributed by atoms with Crippen LogP contribution in [0.5, 0.6) is 0 Å². The number of aryl methyl sites for hydroxylation is 1. The van der Waals surface area contributed by atoms with Crippen molar-refractivity contribution in [2.24, 2.45) is 0 Å². The molecule has 34 heavy (non-hydrogen) atoms. The lowest BCUT2D eigenvalue weighted by molar-refractivity contribution is -0.183. The summed E-state index contributed by atoms with van der Waals surface area (Å²) in [7, 11) is 3.22. The highest BCUT2D eigenvalue weighted by molar-refractivity contribution is 5.76. The fourth-order valence-corrected chi connectivity index (χ4v) is 3.18. The average Bonchev–Trinajstić information content (AvgIpc) is 2.77. The third kappa shape index (κ3) is 4.87. The van der Waals surface area contributed by atoms with Crippen molar-refractivity contribution in [1.29, 1.82) is 0 Å². The van der Waals surface area contributed by atoms with E-state index in [1.165, 1.54) is 12.3 Å². The number of benzene rings is 1. The molecule has 1 atom stereocenters. The zero-order valence-electron chi connectivity index (χ0n) is 18.2. The van der Waals surface area contributed by atoms with Crippen molar-refractivity contribution in [3.63, 3.8) is 0 Å². The molecule has 3 aromatic rings. The molecule has 2 aromatic heterocycles. The summed E-state index contributed by atoms with van der Waals surface area (Å²) in [5.74, 6) is -7.00. The number of aromatic nitrogens is 3. The Morgan fingerprint density at radius 2 is 1.68 bits per heavy atom. The number of carbonyl (C=O) groups is 1. The number of carboxylic acids is 1. The van der Waals surface area contributed by atoms with Crippen molar-refractivity contribution in [3.05, 3.63) is 65.7 Å². The van der Waals surface area contributed by atoms with Gasteiger partial charge in [-0.15, -0.1) is 0 Å². The largest absolute Gasteiger partial charge is 0.477 e. The molecule has 0 saturated heterocycles. The Morgan fingerprint density at radius 1 is 1.00 bits per heavy atom. The number of hydrogen-bond donors (Lipinski definition) is 2. The van der Waals surface area contributed by atoms with E-state index in [0.717, 1.165) is 23.9 Å². The molecule has 1 unspecified atom stereocenters. The van der Waals surface area contributed by atoms with Gasteiger partial charge in [-0.25, -0.2) is 9.28 Å². The number of nitrogens with zero attached hydrogens (tertiary/aromatic N) is 4. The third-order valence-corrected chi connectivity index (χ3v) is 5.17. The lowest BCUT2D eigenvalue weighted by Gasteiger charge is -2.27. The molecule has 0 aliphatic heterocycles. The first-order valence-electron chi connectivity index (χ1n) is 9.76. The Hall–Kier alpha value is -3.51. The van der Waals surface area contributed by atoms with Gasteiger partial charge in [0.2, 0.25) is 0 Å². The number of pyridine rings is 1. The maximum absolute atomic E-state index is 13.6. The van der Waals surface area contributed by atoms with Crippen LogP contribution in [0.3, 0.4) is 0 Å². The van der Waals surface area contributed by atoms with Gasteiger partial charge in [0.05, 0.1) is 19.8 Å². The zero-order chi connectivity index (χ0) is 25.5. The molecule has 0 fully saturated rings. The quantitative estimate of drug-likeness (QED) is 0.396. The van der Waals surface area contributed by atoms with Gasteiger partial charge in [0.25, 0.3) is 0 Å². The molecule has 0 aliphatic rings. The number of aliphatic hydroxyl groups is 1. The zero-order valence-corrected chi connectivity index (χ0v) is 18.2. The highest BCUT2D eigenvalue weighted by atomic mass is 19.4. The van der Waals surface area contributed by atoms with Crippen LogP contribution in [0.1, 0.15) is 23.1 Å². The van der Waals surface area contributed by atoms with Crippen LogP contribution >= 0.6 is 0 Å². The van der Waals surface area contributed by atoms with Gasteiger partial charge in [-0.1, -0.05) is 12.1 Å². The summed E-state index contributed by atoms with van der Waals surface area (Å²) in [6.07, 6.45) is -5.05. The predicted octanol–water partition coefficient (Wildman–Crippen LogP) is 4.52. The van der Waals surface area contributed by atoms with Gasteiger partial charge in [0, 0.05) is 30.1 Å². The van der Waals surface area contributed by atoms with E-state index in [1.807, 2.05) is 0 Å². The number of quaternary nitrogens is 1. The summed E-state index contributed by atoms with van der Waals surface area (Å²) in [6.45, 7) is 1.76. The summed E-state index contributed by atoms with van der Waals surface area (Å²) in [6, 6.07) is 8.38. The molecule has 2 heterocycles. The van der Waals surface area contributed by atoms with Crippen LogP contribution in [0.25, 0.3) is 11.1 Å². The smallest absolute Gasteiger partial charge is 0.433 e. The molecular weight excluding hydrogens is 463 g/mol. The molecule has 3 rings (SSSR count). The van der Waals surface area contributed by atoms with Crippen LogP contribution in [0.15, 0.2) is 48.8 Å². The number of alkyl halides is 5. The van der Waals surface area contributed by atoms with Crippen molar-refractivity contribution < 1.29 is 37.0 Å². The Balaban J connectivity index is 1.99. The lowest BCUT2D eigenvalue weighted by Crippen LogP contribution is -2.36. The fourth-order valence-electron chi connectivity index (χ4n) is 3.18. The van der Waals surface area contributed by atoms with Gasteiger partial charge in [-0.2, -0.15) is 31.9 Å². The van der Waals surface area contributed by atoms with Crippen LogP contribution in [-0.4, -0.2) is 51.2 Å². The van der Waals surface area contributed by atoms with Gasteiger partial charge in [0.1, 0.15) is 5.69 Å². The highest BCUT2D eigenvalue weighted by Gasteiger charge is 2.48. The first kappa shape index (κ1) is 25.1. The summed E-state index contributed by atoms with van der Waals surface area (Å²) < 4.78 is 66.3. The minimum absolute atomic E-state index is 0.0983. The number of halogens is 5. The normalized spacial score (nSPS) is 13.6. The van der Waals surface area contributed by atoms with Gasteiger partial charge in [-0.05, 0) is 30.2 Å². The van der Waals surface area contributed by atoms with Crippen molar-refractivity contribution in [2.75, 3.05) is 14.1 Å². The number of aliphatic hydroxyl groups excluding tert-OH is 1. The number of rotatable bonds is 6. The van der Waals surface area contributed by atoms with Crippen molar-refractivity contribution in [2.45, 2.75) is 25.1 Å². The van der Waals surface area contributed by atoms with E-state index in [9.17, 15) is 31.9 Å². The first-order valence-corrected chi connectivity index (χ1v) is 9.76. The van der Waals surface area contributed by atoms with E-state index in [4.69, 9.17) is 5.11 Å². The lowest BCUT2D eigenvalue weighted by atomic mass is 10.0. The number of carboxylic acid groups (broad SMARTS) is 1. The second-order valence-corrected chi connectivity index (χ2v) is 8.05. The Morgan fingerprint density at radius 3 is 2.24 bits per heavy atom. The molecule has 12 heteroatoms. The van der Waals surface area contributed by atoms with E-state index in [1.54, 1.807) is 39.2 Å². The molecule has 1 aromatic carbocycles. The third-order valence-electron chi connectivity index (χ3n) is 5.17. The summed E-state index contributed by atoms with van der Waals surface area (Å²) in [5, 5.41) is 18.3. The minimum atomic E-state index is -4.63. The monoisotopic (exact) mass is 483 g/mol. The molecule has 0 radical (unpaired) electrons. The molecule has 0 saturated carbocycles. The second-order valence-electron chi connectivity index (χ2n) is 8.05. The molecular formula is C22H20F5N4O3+. The Bertz CT molecular complexity index is 1210. The van der Waals surface area contributed by atoms with Gasteiger partial charge in [-0.3, -0.25) is 4.98 Å². The summed E-state index contributed by atoms with van der Waals surface area (Å²) >= 11 is 0. The van der Waals surface area contributed by atoms with E-state index in [2.05, 4.69) is 15.0 Å². The minimum Gasteiger partial charge on any atom is -0.477 e. The van der Waals surface area contributed by atoms with Gasteiger partial charge >= 0.3 is 24.0 Å². The van der Waals surface area contributed by atoms with Crippen molar-refractivity contribution >= 4 is 17.6 Å². The van der Waals surface area contributed by atoms with Crippen LogP contribution in [0.4, 0.5) is 33.6 Å². The van der Waals surface area contributed by atoms with E-state index >= 15 is 0 Å². The van der Waals surface area contributed by atoms with Gasteiger partial charge < -0.3 is 10.2 Å². The van der Waals surface area contributed by atoms with Crippen LogP contribution in [0.2, 0.25) is 0 Å². The van der Waals surface area contributed by atoms with Crippen molar-refractivity contribution in [3.8, 4) is 11.1 Å². The fraction of sp³-hybridized carbons (Fsp3) is 0.273. The molecule has 7 nitrogen and oxygen atoms in total. The maximum atomic E-state index is 13.6. The Labute approximate surface area is 190 Å². The maximum Gasteiger partial charge on any atom is 0.433 e. The molecule has 0 bridgehead atoms. The molecule has 0 spiro atoms. The predicted molar refractivity (Wildman–Crippen MR) is 112 cm³/mol. The molecule has 0 amide bonds. The molecule has 180 valence electrons. The summed E-state index contributed by atoms with van der Waals surface area (Å²) in [5.41, 5.74) is 0.685. The average molecular weight is 483 g/mol. The number of aliphatic carboxylic acids is 1. The van der Waals surface area contributed by atoms with Crippen molar-refractivity contribution in [1.82, 2.24) is 19.4 Å². The van der Waals surface area contributed by atoms with E-state index in [-0.39, 0.29) is 10.4 Å². The van der Waals surface area contributed by atoms with Gasteiger partial charge in [0.15, 0.2) is 11.8 Å². The molecule has 2 N–H and O–H groups in total. The first-order chi connectivity index (χ1) is 15.6. The van der Waals surface area contributed by atoms with Crippen LogP contribution in [-0.2, 0) is 11.0 Å². The SMILES string of the molecule is Cc1cc(-c2ccc(C(O)C(F)(F)C(=O)O)nc2)cc([N+](C)(C)c2nccc(C(F)(F)F)n2)c1. The van der Waals surface area contributed by atoms with E-state index in [0.29, 0.717) is 16.8 Å². The van der Waals surface area contributed by atoms with Crippen LogP contribution < -0.4 is 4.48 Å². The topological polar surface area (TPSA) is 96.2 Å². The summed E-state index contributed by atoms with van der Waals surface area (Å²) in [4.78, 5) is 22.1.